The van der Waals surface area contributed by atoms with Gasteiger partial charge in [0.15, 0.2) is 0 Å². The molecule has 0 spiro atoms. The summed E-state index contributed by atoms with van der Waals surface area (Å²) in [6, 6.07) is 7.78. The molecule has 0 aliphatic heterocycles. The van der Waals surface area contributed by atoms with Crippen molar-refractivity contribution in [2.75, 3.05) is 7.11 Å². The third-order valence-electron chi connectivity index (χ3n) is 4.97. The molecule has 3 rings (SSSR count). The molecule has 126 valence electrons. The highest BCUT2D eigenvalue weighted by Gasteiger charge is 2.66. The van der Waals surface area contributed by atoms with Gasteiger partial charge in [0.05, 0.1) is 36.7 Å². The van der Waals surface area contributed by atoms with Crippen LogP contribution >= 0.6 is 0 Å². The smallest absolute Gasteiger partial charge is 0.231 e. The number of nitrogens with zero attached hydrogens (tertiary/aromatic N) is 2. The molecule has 1 amide bonds. The van der Waals surface area contributed by atoms with Gasteiger partial charge < -0.3 is 10.1 Å². The Balaban J connectivity index is 1.77. The number of amides is 1. The number of ether oxygens (including phenoxy) is 1. The highest BCUT2D eigenvalue weighted by molar-refractivity contribution is 5.93. The third kappa shape index (κ3) is 2.75. The van der Waals surface area contributed by atoms with Crippen molar-refractivity contribution in [1.82, 2.24) is 15.3 Å². The van der Waals surface area contributed by atoms with Crippen LogP contribution in [0.3, 0.4) is 0 Å². The van der Waals surface area contributed by atoms with E-state index in [9.17, 15) is 4.79 Å². The summed E-state index contributed by atoms with van der Waals surface area (Å²) in [5.74, 6) is 0.836. The van der Waals surface area contributed by atoms with E-state index in [0.29, 0.717) is 6.54 Å². The fraction of sp³-hybridized carbons (Fsp3) is 0.421. The number of hydrogen-bond acceptors (Lipinski definition) is 4. The van der Waals surface area contributed by atoms with Crippen LogP contribution in [0.25, 0.3) is 0 Å². The highest BCUT2D eigenvalue weighted by Crippen LogP contribution is 2.64. The molecule has 1 heterocycles. The lowest BCUT2D eigenvalue weighted by molar-refractivity contribution is -0.124. The molecule has 0 saturated heterocycles. The normalized spacial score (nSPS) is 21.2. The number of hydrogen-bond donors (Lipinski definition) is 1. The van der Waals surface area contributed by atoms with E-state index in [1.807, 2.05) is 31.2 Å². The molecule has 5 nitrogen and oxygen atoms in total. The summed E-state index contributed by atoms with van der Waals surface area (Å²) < 4.78 is 5.21. The second kappa shape index (κ2) is 5.89. The van der Waals surface area contributed by atoms with Gasteiger partial charge in [0.2, 0.25) is 5.91 Å². The fourth-order valence-corrected chi connectivity index (χ4v) is 3.34. The van der Waals surface area contributed by atoms with Crippen molar-refractivity contribution >= 4 is 5.91 Å². The Morgan fingerprint density at radius 2 is 1.88 bits per heavy atom. The quantitative estimate of drug-likeness (QED) is 0.918. The zero-order valence-corrected chi connectivity index (χ0v) is 14.6. The first-order chi connectivity index (χ1) is 11.4. The second-order valence-corrected chi connectivity index (χ2v) is 7.03. The van der Waals surface area contributed by atoms with Gasteiger partial charge in [-0.2, -0.15) is 0 Å². The molecule has 1 atom stereocenters. The van der Waals surface area contributed by atoms with E-state index in [4.69, 9.17) is 4.74 Å². The molecule has 0 radical (unpaired) electrons. The molecule has 24 heavy (non-hydrogen) atoms. The predicted molar refractivity (Wildman–Crippen MR) is 91.7 cm³/mol. The SMILES string of the molecule is COc1ccc([C@@]2(C(=O)NCc3cnc(C)cn3)CC2(C)C)cc1. The van der Waals surface area contributed by atoms with Crippen LogP contribution in [0.2, 0.25) is 0 Å². The molecular weight excluding hydrogens is 302 g/mol. The van der Waals surface area contributed by atoms with Gasteiger partial charge in [-0.1, -0.05) is 26.0 Å². The van der Waals surface area contributed by atoms with Crippen molar-refractivity contribution in [3.8, 4) is 5.75 Å². The molecule has 1 aliphatic carbocycles. The van der Waals surface area contributed by atoms with Gasteiger partial charge >= 0.3 is 0 Å². The largest absolute Gasteiger partial charge is 0.497 e. The van der Waals surface area contributed by atoms with E-state index in [-0.39, 0.29) is 11.3 Å². The minimum atomic E-state index is -0.489. The zero-order chi connectivity index (χ0) is 17.4. The Kier molecular flexibility index (Phi) is 4.03. The number of aromatic nitrogens is 2. The van der Waals surface area contributed by atoms with Gasteiger partial charge in [-0.15, -0.1) is 0 Å². The third-order valence-corrected chi connectivity index (χ3v) is 4.97. The standard InChI is InChI=1S/C19H23N3O2/c1-13-9-21-15(10-20-13)11-22-17(23)19(12-18(19,2)3)14-5-7-16(24-4)8-6-14/h5-10H,11-12H2,1-4H3,(H,22,23)/t19-/m1/s1. The average Bonchev–Trinajstić information content (AvgIpc) is 3.18. The number of nitrogens with one attached hydrogen (secondary N) is 1. The first-order valence-corrected chi connectivity index (χ1v) is 8.09. The van der Waals surface area contributed by atoms with Gasteiger partial charge in [-0.25, -0.2) is 0 Å². The number of aryl methyl sites for hydroxylation is 1. The number of carbonyl (C=O) groups excluding carboxylic acids is 1. The zero-order valence-electron chi connectivity index (χ0n) is 14.6. The number of rotatable bonds is 5. The van der Waals surface area contributed by atoms with Crippen LogP contribution in [0.15, 0.2) is 36.7 Å². The minimum absolute atomic E-state index is 0.0417. The van der Waals surface area contributed by atoms with Crippen molar-refractivity contribution in [3.63, 3.8) is 0 Å². The van der Waals surface area contributed by atoms with Crippen LogP contribution in [0, 0.1) is 12.3 Å². The molecule has 1 aromatic carbocycles. The lowest BCUT2D eigenvalue weighted by Gasteiger charge is -2.21. The molecule has 2 aromatic rings. The Hall–Kier alpha value is -2.43. The van der Waals surface area contributed by atoms with Gasteiger partial charge in [-0.3, -0.25) is 14.8 Å². The van der Waals surface area contributed by atoms with Crippen molar-refractivity contribution in [1.29, 1.82) is 0 Å². The minimum Gasteiger partial charge on any atom is -0.497 e. The summed E-state index contributed by atoms with van der Waals surface area (Å²) >= 11 is 0. The summed E-state index contributed by atoms with van der Waals surface area (Å²) in [4.78, 5) is 21.5. The lowest BCUT2D eigenvalue weighted by Crippen LogP contribution is -2.37. The van der Waals surface area contributed by atoms with E-state index in [0.717, 1.165) is 29.1 Å². The summed E-state index contributed by atoms with van der Waals surface area (Å²) in [5.41, 5.74) is 2.10. The maximum absolute atomic E-state index is 12.9. The fourth-order valence-electron chi connectivity index (χ4n) is 3.34. The predicted octanol–water partition coefficient (Wildman–Crippen LogP) is 2.78. The van der Waals surface area contributed by atoms with E-state index in [1.54, 1.807) is 19.5 Å². The number of benzene rings is 1. The molecule has 1 aromatic heterocycles. The van der Waals surface area contributed by atoms with E-state index in [2.05, 4.69) is 29.1 Å². The van der Waals surface area contributed by atoms with E-state index < -0.39 is 5.41 Å². The van der Waals surface area contributed by atoms with Crippen molar-refractivity contribution in [2.24, 2.45) is 5.41 Å². The first-order valence-electron chi connectivity index (χ1n) is 8.09. The van der Waals surface area contributed by atoms with Crippen molar-refractivity contribution < 1.29 is 9.53 Å². The Morgan fingerprint density at radius 1 is 1.21 bits per heavy atom. The first kappa shape index (κ1) is 16.4. The second-order valence-electron chi connectivity index (χ2n) is 7.03. The molecule has 1 aliphatic rings. The molecule has 0 unspecified atom stereocenters. The molecule has 1 saturated carbocycles. The molecule has 5 heteroatoms. The summed E-state index contributed by atoms with van der Waals surface area (Å²) in [7, 11) is 1.64. The maximum atomic E-state index is 12.9. The van der Waals surface area contributed by atoms with Crippen LogP contribution in [0.5, 0.6) is 5.75 Å². The summed E-state index contributed by atoms with van der Waals surface area (Å²) in [6.07, 6.45) is 4.24. The van der Waals surface area contributed by atoms with Gasteiger partial charge in [0.1, 0.15) is 5.75 Å². The van der Waals surface area contributed by atoms with Crippen molar-refractivity contribution in [2.45, 2.75) is 39.2 Å². The van der Waals surface area contributed by atoms with Crippen molar-refractivity contribution in [3.05, 3.63) is 53.6 Å². The maximum Gasteiger partial charge on any atom is 0.231 e. The van der Waals surface area contributed by atoms with Crippen LogP contribution in [-0.2, 0) is 16.8 Å². The van der Waals surface area contributed by atoms with Crippen LogP contribution in [-0.4, -0.2) is 23.0 Å². The molecular formula is C19H23N3O2. The van der Waals surface area contributed by atoms with Crippen LogP contribution in [0.4, 0.5) is 0 Å². The molecule has 1 N–H and O–H groups in total. The van der Waals surface area contributed by atoms with Gasteiger partial charge in [0.25, 0.3) is 0 Å². The van der Waals surface area contributed by atoms with E-state index in [1.165, 1.54) is 0 Å². The molecule has 1 fully saturated rings. The Morgan fingerprint density at radius 3 is 2.38 bits per heavy atom. The summed E-state index contributed by atoms with van der Waals surface area (Å²) in [6.45, 7) is 6.53. The van der Waals surface area contributed by atoms with Gasteiger partial charge in [-0.05, 0) is 36.5 Å². The lowest BCUT2D eigenvalue weighted by atomic mass is 9.87. The molecule has 0 bridgehead atoms. The number of methoxy groups -OCH3 is 1. The summed E-state index contributed by atoms with van der Waals surface area (Å²) in [5, 5.41) is 3.03. The Bertz CT molecular complexity index is 738. The topological polar surface area (TPSA) is 64.1 Å². The van der Waals surface area contributed by atoms with E-state index >= 15 is 0 Å². The number of carbonyl (C=O) groups is 1. The van der Waals surface area contributed by atoms with Crippen LogP contribution in [0.1, 0.15) is 37.2 Å². The average molecular weight is 325 g/mol. The van der Waals surface area contributed by atoms with Gasteiger partial charge in [0, 0.05) is 6.20 Å². The van der Waals surface area contributed by atoms with Crippen LogP contribution < -0.4 is 10.1 Å². The highest BCUT2D eigenvalue weighted by atomic mass is 16.5. The Labute approximate surface area is 142 Å². The monoisotopic (exact) mass is 325 g/mol.